The van der Waals surface area contributed by atoms with E-state index in [-0.39, 0.29) is 18.4 Å². The fourth-order valence-corrected chi connectivity index (χ4v) is 3.51. The third-order valence-electron chi connectivity index (χ3n) is 5.34. The highest BCUT2D eigenvalue weighted by Gasteiger charge is 2.23. The highest BCUT2D eigenvalue weighted by molar-refractivity contribution is 5.85. The Balaban J connectivity index is 0.00000192. The first kappa shape index (κ1) is 18.6. The smallest absolute Gasteiger partial charge is 0.122 e. The molecule has 0 aliphatic heterocycles. The molecule has 2 N–H and O–H groups in total. The summed E-state index contributed by atoms with van der Waals surface area (Å²) in [7, 11) is 0. The van der Waals surface area contributed by atoms with Gasteiger partial charge in [0.25, 0.3) is 0 Å². The van der Waals surface area contributed by atoms with Crippen LogP contribution in [0.5, 0.6) is 5.75 Å². The van der Waals surface area contributed by atoms with Gasteiger partial charge in [-0.25, -0.2) is 0 Å². The topological polar surface area (TPSA) is 35.2 Å². The van der Waals surface area contributed by atoms with Crippen LogP contribution >= 0.6 is 12.4 Å². The molecule has 2 nitrogen and oxygen atoms in total. The highest BCUT2D eigenvalue weighted by Crippen LogP contribution is 2.36. The van der Waals surface area contributed by atoms with E-state index < -0.39 is 0 Å². The van der Waals surface area contributed by atoms with Gasteiger partial charge in [-0.15, -0.1) is 12.4 Å². The molecule has 2 fully saturated rings. The first-order chi connectivity index (χ1) is 10.8. The molecule has 0 bridgehead atoms. The van der Waals surface area contributed by atoms with Crippen LogP contribution in [-0.2, 0) is 6.42 Å². The van der Waals surface area contributed by atoms with Gasteiger partial charge in [-0.2, -0.15) is 0 Å². The van der Waals surface area contributed by atoms with Crippen LogP contribution in [0.2, 0.25) is 0 Å². The van der Waals surface area contributed by atoms with Crippen molar-refractivity contribution in [3.8, 4) is 5.75 Å². The number of hydrogen-bond donors (Lipinski definition) is 1. The molecule has 3 rings (SSSR count). The lowest BCUT2D eigenvalue weighted by Crippen LogP contribution is -2.22. The second-order valence-electron chi connectivity index (χ2n) is 7.33. The Bertz CT molecular complexity index is 481. The largest absolute Gasteiger partial charge is 0.493 e. The molecule has 3 heteroatoms. The Morgan fingerprint density at radius 3 is 2.52 bits per heavy atom. The number of benzene rings is 1. The van der Waals surface area contributed by atoms with Crippen LogP contribution in [0.3, 0.4) is 0 Å². The summed E-state index contributed by atoms with van der Waals surface area (Å²) in [4.78, 5) is 0. The minimum absolute atomic E-state index is 0. The summed E-state index contributed by atoms with van der Waals surface area (Å²) < 4.78 is 6.09. The second kappa shape index (κ2) is 8.94. The Morgan fingerprint density at radius 2 is 1.87 bits per heavy atom. The van der Waals surface area contributed by atoms with Gasteiger partial charge in [0.2, 0.25) is 0 Å². The number of hydrogen-bond acceptors (Lipinski definition) is 2. The van der Waals surface area contributed by atoms with E-state index in [1.807, 2.05) is 0 Å². The average Bonchev–Trinajstić information content (AvgIpc) is 3.38. The van der Waals surface area contributed by atoms with Crippen molar-refractivity contribution in [3.05, 3.63) is 29.3 Å². The predicted molar refractivity (Wildman–Crippen MR) is 99.7 cm³/mol. The highest BCUT2D eigenvalue weighted by atomic mass is 35.5. The molecule has 1 aromatic rings. The fourth-order valence-electron chi connectivity index (χ4n) is 3.51. The zero-order chi connectivity index (χ0) is 15.4. The Labute approximate surface area is 147 Å². The van der Waals surface area contributed by atoms with Crippen LogP contribution in [0.1, 0.15) is 75.3 Å². The third-order valence-corrected chi connectivity index (χ3v) is 5.34. The lowest BCUT2D eigenvalue weighted by atomic mass is 9.83. The molecule has 0 radical (unpaired) electrons. The first-order valence-corrected chi connectivity index (χ1v) is 9.27. The van der Waals surface area contributed by atoms with E-state index in [1.165, 1.54) is 56.1 Å². The lowest BCUT2D eigenvalue weighted by Gasteiger charge is -2.24. The maximum Gasteiger partial charge on any atom is 0.122 e. The molecule has 23 heavy (non-hydrogen) atoms. The molecule has 0 amide bonds. The molecule has 0 saturated heterocycles. The minimum Gasteiger partial charge on any atom is -0.493 e. The summed E-state index contributed by atoms with van der Waals surface area (Å²) in [5, 5.41) is 0. The quantitative estimate of drug-likeness (QED) is 0.739. The summed E-state index contributed by atoms with van der Waals surface area (Å²) in [5.41, 5.74) is 9.06. The van der Waals surface area contributed by atoms with Crippen molar-refractivity contribution in [1.82, 2.24) is 0 Å². The third kappa shape index (κ3) is 5.39. The van der Waals surface area contributed by atoms with Crippen LogP contribution < -0.4 is 10.5 Å². The van der Waals surface area contributed by atoms with Gasteiger partial charge in [-0.3, -0.25) is 0 Å². The van der Waals surface area contributed by atoms with E-state index in [1.54, 1.807) is 0 Å². The van der Waals surface area contributed by atoms with E-state index in [4.69, 9.17) is 10.5 Å². The fraction of sp³-hybridized carbons (Fsp3) is 0.700. The van der Waals surface area contributed by atoms with Gasteiger partial charge in [0.15, 0.2) is 0 Å². The van der Waals surface area contributed by atoms with Crippen molar-refractivity contribution in [2.24, 2.45) is 11.7 Å². The summed E-state index contributed by atoms with van der Waals surface area (Å²) in [6.45, 7) is 3.05. The Morgan fingerprint density at radius 1 is 1.13 bits per heavy atom. The van der Waals surface area contributed by atoms with Crippen LogP contribution in [0.4, 0.5) is 0 Å². The standard InChI is InChI=1S/C20H31NO.ClH/c1-2-19(21)13-18-12-17(16-6-4-3-5-7-16)10-11-20(18)22-14-15-8-9-15;/h10-12,15-16,19H,2-9,13-14,21H2,1H3;1H. The first-order valence-electron chi connectivity index (χ1n) is 9.27. The van der Waals surface area contributed by atoms with Crippen molar-refractivity contribution in [3.63, 3.8) is 0 Å². The average molecular weight is 338 g/mol. The molecule has 0 spiro atoms. The van der Waals surface area contributed by atoms with Crippen molar-refractivity contribution in [1.29, 1.82) is 0 Å². The summed E-state index contributed by atoms with van der Waals surface area (Å²) in [6, 6.07) is 7.15. The predicted octanol–water partition coefficient (Wildman–Crippen LogP) is 5.22. The molecule has 2 aliphatic carbocycles. The van der Waals surface area contributed by atoms with Crippen molar-refractivity contribution in [2.45, 2.75) is 76.7 Å². The number of nitrogens with two attached hydrogens (primary N) is 1. The minimum atomic E-state index is 0. The Kier molecular flexibility index (Phi) is 7.23. The normalized spacial score (nSPS) is 19.9. The van der Waals surface area contributed by atoms with Crippen molar-refractivity contribution in [2.75, 3.05) is 6.61 Å². The molecule has 130 valence electrons. The van der Waals surface area contributed by atoms with E-state index in [2.05, 4.69) is 25.1 Å². The molecular formula is C20H32ClNO. The maximum atomic E-state index is 6.22. The Hall–Kier alpha value is -0.730. The van der Waals surface area contributed by atoms with Crippen LogP contribution in [0.25, 0.3) is 0 Å². The van der Waals surface area contributed by atoms with E-state index >= 15 is 0 Å². The van der Waals surface area contributed by atoms with Crippen molar-refractivity contribution < 1.29 is 4.74 Å². The zero-order valence-corrected chi connectivity index (χ0v) is 15.2. The van der Waals surface area contributed by atoms with Crippen LogP contribution in [-0.4, -0.2) is 12.6 Å². The second-order valence-corrected chi connectivity index (χ2v) is 7.33. The van der Waals surface area contributed by atoms with Crippen LogP contribution in [0, 0.1) is 5.92 Å². The molecule has 0 heterocycles. The summed E-state index contributed by atoms with van der Waals surface area (Å²) >= 11 is 0. The molecule has 2 aliphatic rings. The van der Waals surface area contributed by atoms with Crippen molar-refractivity contribution >= 4 is 12.4 Å². The van der Waals surface area contributed by atoms with Gasteiger partial charge in [-0.05, 0) is 67.6 Å². The number of halogens is 1. The summed E-state index contributed by atoms with van der Waals surface area (Å²) in [6.07, 6.45) is 11.5. The zero-order valence-electron chi connectivity index (χ0n) is 14.4. The SMILES string of the molecule is CCC(N)Cc1cc(C2CCCCC2)ccc1OCC1CC1.Cl. The van der Waals surface area contributed by atoms with Gasteiger partial charge < -0.3 is 10.5 Å². The van der Waals surface area contributed by atoms with E-state index in [0.717, 1.165) is 37.0 Å². The monoisotopic (exact) mass is 337 g/mol. The molecule has 2 saturated carbocycles. The van der Waals surface area contributed by atoms with Gasteiger partial charge >= 0.3 is 0 Å². The van der Waals surface area contributed by atoms with Gasteiger partial charge in [0, 0.05) is 6.04 Å². The molecule has 1 atom stereocenters. The molecule has 1 aromatic carbocycles. The van der Waals surface area contributed by atoms with Crippen LogP contribution in [0.15, 0.2) is 18.2 Å². The molecule has 1 unspecified atom stereocenters. The number of rotatable bonds is 7. The summed E-state index contributed by atoms with van der Waals surface area (Å²) in [5.74, 6) is 2.63. The van der Waals surface area contributed by atoms with E-state index in [9.17, 15) is 0 Å². The van der Waals surface area contributed by atoms with Gasteiger partial charge in [0.1, 0.15) is 5.75 Å². The maximum absolute atomic E-state index is 6.22. The molecule has 0 aromatic heterocycles. The van der Waals surface area contributed by atoms with Gasteiger partial charge in [0.05, 0.1) is 6.61 Å². The van der Waals surface area contributed by atoms with Gasteiger partial charge in [-0.1, -0.05) is 38.3 Å². The number of ether oxygens (including phenoxy) is 1. The molecular weight excluding hydrogens is 306 g/mol. The lowest BCUT2D eigenvalue weighted by molar-refractivity contribution is 0.296. The van der Waals surface area contributed by atoms with E-state index in [0.29, 0.717) is 0 Å².